The van der Waals surface area contributed by atoms with Crippen molar-refractivity contribution in [2.75, 3.05) is 18.1 Å². The molecule has 64 heavy (non-hydrogen) atoms. The van der Waals surface area contributed by atoms with Gasteiger partial charge in [0, 0.05) is 30.8 Å². The molecule has 0 saturated heterocycles. The van der Waals surface area contributed by atoms with E-state index in [2.05, 4.69) is 26.1 Å². The van der Waals surface area contributed by atoms with Gasteiger partial charge in [-0.2, -0.15) is 25.3 Å². The highest BCUT2D eigenvalue weighted by Crippen LogP contribution is 2.18. The van der Waals surface area contributed by atoms with Crippen LogP contribution in [0, 0.1) is 0 Å². The van der Waals surface area contributed by atoms with Crippen LogP contribution in [0.5, 0.6) is 0 Å². The van der Waals surface area contributed by atoms with Crippen molar-refractivity contribution in [2.24, 2.45) is 0 Å². The molecule has 7 nitrogen and oxygen atoms in total. The van der Waals surface area contributed by atoms with E-state index in [1.165, 1.54) is 211 Å². The number of amides is 1. The lowest BCUT2D eigenvalue weighted by atomic mass is 10.0. The number of hydrogen-bond acceptors (Lipinski definition) is 7. The third-order valence-electron chi connectivity index (χ3n) is 12.6. The van der Waals surface area contributed by atoms with E-state index in [9.17, 15) is 19.2 Å². The molecule has 2 atom stereocenters. The Labute approximate surface area is 408 Å². The number of esters is 2. The minimum atomic E-state index is -0.593. The van der Waals surface area contributed by atoms with Gasteiger partial charge in [0.2, 0.25) is 5.91 Å². The molecule has 0 spiro atoms. The van der Waals surface area contributed by atoms with E-state index in [1.807, 2.05) is 0 Å². The summed E-state index contributed by atoms with van der Waals surface area (Å²) in [6.07, 6.45) is 49.4. The molecule has 0 heterocycles. The molecule has 0 unspecified atom stereocenters. The lowest BCUT2D eigenvalue weighted by molar-refractivity contribution is -0.157. The molecular formula is C55H107NO6S2. The van der Waals surface area contributed by atoms with E-state index in [4.69, 9.17) is 9.47 Å². The quantitative estimate of drug-likeness (QED) is 0.0479. The smallest absolute Gasteiger partial charge is 0.306 e. The van der Waals surface area contributed by atoms with E-state index in [0.717, 1.165) is 57.8 Å². The number of carbonyl (C=O) groups is 4. The lowest BCUT2D eigenvalue weighted by Crippen LogP contribution is -2.42. The van der Waals surface area contributed by atoms with Crippen molar-refractivity contribution in [3.63, 3.8) is 0 Å². The van der Waals surface area contributed by atoms with Crippen LogP contribution in [0.4, 0.5) is 0 Å². The van der Waals surface area contributed by atoms with Crippen molar-refractivity contribution >= 4 is 48.9 Å². The third kappa shape index (κ3) is 48.7. The number of hydrogen-bond donors (Lipinski definition) is 1. The van der Waals surface area contributed by atoms with E-state index < -0.39 is 12.1 Å². The Morgan fingerprint density at radius 1 is 0.406 bits per heavy atom. The van der Waals surface area contributed by atoms with Crippen molar-refractivity contribution in [2.45, 2.75) is 310 Å². The van der Waals surface area contributed by atoms with E-state index in [-0.39, 0.29) is 43.7 Å². The molecule has 0 rings (SSSR count). The van der Waals surface area contributed by atoms with Gasteiger partial charge in [0.15, 0.2) is 5.78 Å². The Balaban J connectivity index is 0. The first kappa shape index (κ1) is 64.9. The molecule has 1 N–H and O–H groups in total. The largest absolute Gasteiger partial charge is 0.462 e. The molecule has 0 bridgehead atoms. The van der Waals surface area contributed by atoms with Crippen LogP contribution in [0.25, 0.3) is 0 Å². The third-order valence-corrected chi connectivity index (χ3v) is 13.8. The number of ketones is 1. The van der Waals surface area contributed by atoms with Crippen molar-refractivity contribution < 1.29 is 28.7 Å². The zero-order valence-electron chi connectivity index (χ0n) is 42.8. The number of carbonyl (C=O) groups excluding carboxylic acids is 4. The maximum atomic E-state index is 12.9. The highest BCUT2D eigenvalue weighted by Gasteiger charge is 2.21. The Bertz CT molecular complexity index is 1030. The molecular weight excluding hydrogens is 835 g/mol. The number of thioether (sulfide) groups is 1. The Morgan fingerprint density at radius 3 is 1.03 bits per heavy atom. The second-order valence-electron chi connectivity index (χ2n) is 19.0. The Hall–Kier alpha value is -1.22. The first-order valence-electron chi connectivity index (χ1n) is 27.6. The van der Waals surface area contributed by atoms with Gasteiger partial charge in [-0.3, -0.25) is 19.2 Å². The number of unbranched alkanes of at least 4 members (excludes halogenated alkanes) is 36. The average molecular weight is 943 g/mol. The van der Waals surface area contributed by atoms with Crippen molar-refractivity contribution in [3.8, 4) is 0 Å². The summed E-state index contributed by atoms with van der Waals surface area (Å²) in [5, 5.41) is 2.95. The molecule has 1 amide bonds. The minimum Gasteiger partial charge on any atom is -0.462 e. The maximum absolute atomic E-state index is 12.9. The van der Waals surface area contributed by atoms with Crippen LogP contribution in [-0.4, -0.2) is 53.9 Å². The fraction of sp³-hybridized carbons (Fsp3) is 0.927. The van der Waals surface area contributed by atoms with E-state index in [1.54, 1.807) is 0 Å². The van der Waals surface area contributed by atoms with Gasteiger partial charge in [-0.25, -0.2) is 0 Å². The first-order valence-corrected chi connectivity index (χ1v) is 28.7. The second-order valence-corrected chi connectivity index (χ2v) is 20.1. The summed E-state index contributed by atoms with van der Waals surface area (Å²) < 4.78 is 11.5. The van der Waals surface area contributed by atoms with Crippen molar-refractivity contribution in [1.82, 2.24) is 5.32 Å². The molecule has 0 saturated carbocycles. The van der Waals surface area contributed by atoms with Gasteiger partial charge in [-0.05, 0) is 26.2 Å². The van der Waals surface area contributed by atoms with Gasteiger partial charge in [-0.15, -0.1) is 0 Å². The number of Topliss-reactive ketones (excluding diaryl/α,β-unsaturated/α-hetero) is 1. The predicted octanol–water partition coefficient (Wildman–Crippen LogP) is 16.8. The summed E-state index contributed by atoms with van der Waals surface area (Å²) in [6.45, 7) is 8.33. The summed E-state index contributed by atoms with van der Waals surface area (Å²) in [7, 11) is 0. The van der Waals surface area contributed by atoms with Gasteiger partial charge >= 0.3 is 11.9 Å². The van der Waals surface area contributed by atoms with Gasteiger partial charge in [0.1, 0.15) is 12.7 Å². The molecule has 0 aromatic rings. The second kappa shape index (κ2) is 52.7. The van der Waals surface area contributed by atoms with Gasteiger partial charge in [0.05, 0.1) is 6.04 Å². The monoisotopic (exact) mass is 942 g/mol. The van der Waals surface area contributed by atoms with Crippen molar-refractivity contribution in [1.29, 1.82) is 0 Å². The number of nitrogens with one attached hydrogen (secondary N) is 1. The van der Waals surface area contributed by atoms with Crippen molar-refractivity contribution in [3.05, 3.63) is 0 Å². The Kier molecular flexibility index (Phi) is 53.5. The highest BCUT2D eigenvalue weighted by molar-refractivity contribution is 7.99. The SMILES string of the molecule is CCCCCCCCCCCCCCCC(=O)N[C@@H](CSC[C@H](COC(=O)CCCCCCCCCCCCCCC)OC(=O)CCCCCCCCCCCCCCC)C(C)=O.S. The standard InChI is InChI=1S/C55H105NO6S.H2S/c1-5-8-11-14-17-20-23-26-29-32-35-38-41-44-53(58)56-52(50(4)57)49-63-48-51(62-55(60)46-43-40-37-34-31-28-25-22-19-16-13-10-7-3)47-61-54(59)45-42-39-36-33-30-27-24-21-18-15-12-9-6-2;/h51-52H,5-49H2,1-4H3,(H,56,58);1H2/t51-,52-;/m0./s1. The molecule has 0 aliphatic carbocycles. The fourth-order valence-corrected chi connectivity index (χ4v) is 9.46. The summed E-state index contributed by atoms with van der Waals surface area (Å²) in [4.78, 5) is 51.0. The number of rotatable bonds is 51. The zero-order chi connectivity index (χ0) is 46.1. The summed E-state index contributed by atoms with van der Waals surface area (Å²) in [5.74, 6) is 0.116. The summed E-state index contributed by atoms with van der Waals surface area (Å²) >= 11 is 1.46. The van der Waals surface area contributed by atoms with Crippen LogP contribution in [-0.2, 0) is 28.7 Å². The van der Waals surface area contributed by atoms with Gasteiger partial charge in [-0.1, -0.05) is 252 Å². The normalized spacial score (nSPS) is 12.1. The average Bonchev–Trinajstić information content (AvgIpc) is 3.27. The summed E-state index contributed by atoms with van der Waals surface area (Å²) in [6, 6.07) is -0.593. The number of ether oxygens (including phenoxy) is 2. The molecule has 0 aliphatic rings. The lowest BCUT2D eigenvalue weighted by Gasteiger charge is -2.20. The van der Waals surface area contributed by atoms with Crippen LogP contribution < -0.4 is 5.32 Å². The fourth-order valence-electron chi connectivity index (χ4n) is 8.34. The van der Waals surface area contributed by atoms with Crippen LogP contribution in [0.3, 0.4) is 0 Å². The molecule has 0 radical (unpaired) electrons. The van der Waals surface area contributed by atoms with Crippen LogP contribution in [0.2, 0.25) is 0 Å². The van der Waals surface area contributed by atoms with Crippen LogP contribution >= 0.6 is 25.3 Å². The first-order chi connectivity index (χ1) is 30.8. The highest BCUT2D eigenvalue weighted by atomic mass is 32.2. The van der Waals surface area contributed by atoms with Crippen LogP contribution in [0.15, 0.2) is 0 Å². The maximum Gasteiger partial charge on any atom is 0.306 e. The molecule has 0 aromatic heterocycles. The molecule has 0 aliphatic heterocycles. The topological polar surface area (TPSA) is 98.8 Å². The molecule has 0 aromatic carbocycles. The van der Waals surface area contributed by atoms with Gasteiger partial charge < -0.3 is 14.8 Å². The molecule has 0 fully saturated rings. The van der Waals surface area contributed by atoms with Gasteiger partial charge in [0.25, 0.3) is 0 Å². The van der Waals surface area contributed by atoms with E-state index in [0.29, 0.717) is 30.8 Å². The summed E-state index contributed by atoms with van der Waals surface area (Å²) in [5.41, 5.74) is 0. The molecule has 9 heteroatoms. The molecule has 380 valence electrons. The van der Waals surface area contributed by atoms with E-state index >= 15 is 0 Å². The van der Waals surface area contributed by atoms with Crippen LogP contribution in [0.1, 0.15) is 297 Å². The minimum absolute atomic E-state index is 0. The Morgan fingerprint density at radius 2 is 0.703 bits per heavy atom. The predicted molar refractivity (Wildman–Crippen MR) is 282 cm³/mol. The zero-order valence-corrected chi connectivity index (χ0v) is 44.6.